The summed E-state index contributed by atoms with van der Waals surface area (Å²) >= 11 is 0. The van der Waals surface area contributed by atoms with E-state index < -0.39 is 7.14 Å². The molecule has 0 saturated heterocycles. The molecule has 2 nitrogen and oxygen atoms in total. The van der Waals surface area contributed by atoms with Gasteiger partial charge < -0.3 is 9.67 Å². The Hall–Kier alpha value is -1.63. The summed E-state index contributed by atoms with van der Waals surface area (Å²) in [6.07, 6.45) is 3.86. The number of hydrogen-bond acceptors (Lipinski definition) is 2. The fourth-order valence-corrected chi connectivity index (χ4v) is 4.47. The Labute approximate surface area is 113 Å². The molecule has 0 amide bonds. The van der Waals surface area contributed by atoms with E-state index in [0.717, 1.165) is 10.6 Å². The number of allylic oxidation sites excluding steroid dienone is 1. The Kier molecular flexibility index (Phi) is 4.73. The fraction of sp³-hybridized carbons (Fsp3) is 0.125. The Balaban J connectivity index is 2.45. The maximum absolute atomic E-state index is 13.4. The van der Waals surface area contributed by atoms with E-state index in [0.29, 0.717) is 6.16 Å². The normalized spacial score (nSPS) is 11.8. The topological polar surface area (TPSA) is 37.3 Å². The van der Waals surface area contributed by atoms with Crippen LogP contribution in [0.25, 0.3) is 0 Å². The third-order valence-corrected chi connectivity index (χ3v) is 5.97. The van der Waals surface area contributed by atoms with E-state index in [1.807, 2.05) is 60.7 Å². The molecule has 2 aromatic carbocycles. The maximum Gasteiger partial charge on any atom is 0.146 e. The highest BCUT2D eigenvalue weighted by molar-refractivity contribution is 7.78. The molecule has 0 radical (unpaired) electrons. The molecule has 0 spiro atoms. The summed E-state index contributed by atoms with van der Waals surface area (Å²) in [6.45, 7) is -0.0242. The molecule has 1 N–H and O–H groups in total. The first-order valence-corrected chi connectivity index (χ1v) is 8.13. The quantitative estimate of drug-likeness (QED) is 0.671. The third-order valence-electron chi connectivity index (χ3n) is 2.98. The highest BCUT2D eigenvalue weighted by Crippen LogP contribution is 2.43. The number of benzene rings is 2. The smallest absolute Gasteiger partial charge is 0.146 e. The van der Waals surface area contributed by atoms with Crippen molar-refractivity contribution in [3.63, 3.8) is 0 Å². The maximum atomic E-state index is 13.4. The van der Waals surface area contributed by atoms with Crippen LogP contribution < -0.4 is 10.6 Å². The first-order valence-electron chi connectivity index (χ1n) is 6.23. The van der Waals surface area contributed by atoms with E-state index in [1.165, 1.54) is 0 Å². The summed E-state index contributed by atoms with van der Waals surface area (Å²) in [5.74, 6) is 0. The molecular formula is C16H17O2P. The largest absolute Gasteiger partial charge is 0.392 e. The van der Waals surface area contributed by atoms with Gasteiger partial charge in [0.15, 0.2) is 0 Å². The second-order valence-corrected chi connectivity index (χ2v) is 7.12. The molecule has 0 saturated carbocycles. The van der Waals surface area contributed by atoms with Gasteiger partial charge in [0, 0.05) is 16.8 Å². The first-order chi connectivity index (χ1) is 9.27. The fourth-order valence-electron chi connectivity index (χ4n) is 1.99. The van der Waals surface area contributed by atoms with Crippen LogP contribution in [0.1, 0.15) is 0 Å². The van der Waals surface area contributed by atoms with Crippen molar-refractivity contribution in [2.45, 2.75) is 0 Å². The van der Waals surface area contributed by atoms with Gasteiger partial charge in [-0.2, -0.15) is 0 Å². The van der Waals surface area contributed by atoms with Crippen molar-refractivity contribution >= 4 is 17.8 Å². The predicted octanol–water partition coefficient (Wildman–Crippen LogP) is 2.55. The summed E-state index contributed by atoms with van der Waals surface area (Å²) < 4.78 is 13.4. The minimum Gasteiger partial charge on any atom is -0.392 e. The number of aliphatic hydroxyl groups is 1. The monoisotopic (exact) mass is 272 g/mol. The van der Waals surface area contributed by atoms with E-state index in [2.05, 4.69) is 0 Å². The molecule has 0 heterocycles. The van der Waals surface area contributed by atoms with Gasteiger partial charge in [-0.3, -0.25) is 0 Å². The van der Waals surface area contributed by atoms with Gasteiger partial charge in [-0.25, -0.2) is 0 Å². The molecule has 0 aromatic heterocycles. The zero-order valence-corrected chi connectivity index (χ0v) is 11.5. The van der Waals surface area contributed by atoms with Crippen LogP contribution in [0.15, 0.2) is 72.8 Å². The van der Waals surface area contributed by atoms with Crippen molar-refractivity contribution in [2.24, 2.45) is 0 Å². The average molecular weight is 272 g/mol. The Bertz CT molecular complexity index is 533. The summed E-state index contributed by atoms with van der Waals surface area (Å²) in [7, 11) is -2.65. The van der Waals surface area contributed by atoms with Gasteiger partial charge in [-0.15, -0.1) is 0 Å². The van der Waals surface area contributed by atoms with E-state index >= 15 is 0 Å². The van der Waals surface area contributed by atoms with Crippen molar-refractivity contribution in [1.29, 1.82) is 0 Å². The molecule has 98 valence electrons. The molecule has 2 aromatic rings. The number of hydrogen-bond donors (Lipinski definition) is 1. The Morgan fingerprint density at radius 1 is 0.842 bits per heavy atom. The molecule has 0 aliphatic carbocycles. The van der Waals surface area contributed by atoms with Crippen molar-refractivity contribution in [1.82, 2.24) is 0 Å². The Morgan fingerprint density at radius 3 is 1.74 bits per heavy atom. The Morgan fingerprint density at radius 2 is 1.32 bits per heavy atom. The van der Waals surface area contributed by atoms with Gasteiger partial charge in [0.1, 0.15) is 7.14 Å². The van der Waals surface area contributed by atoms with Gasteiger partial charge in [0.25, 0.3) is 0 Å². The van der Waals surface area contributed by atoms with Gasteiger partial charge in [-0.1, -0.05) is 72.8 Å². The third kappa shape index (κ3) is 3.23. The van der Waals surface area contributed by atoms with Crippen LogP contribution in [-0.4, -0.2) is 17.9 Å². The lowest BCUT2D eigenvalue weighted by molar-refractivity contribution is 0.342. The van der Waals surface area contributed by atoms with Crippen LogP contribution in [0.4, 0.5) is 0 Å². The number of rotatable bonds is 5. The summed E-state index contributed by atoms with van der Waals surface area (Å²) in [6, 6.07) is 19.1. The van der Waals surface area contributed by atoms with Crippen LogP contribution >= 0.6 is 7.14 Å². The lowest BCUT2D eigenvalue weighted by Crippen LogP contribution is -2.17. The predicted molar refractivity (Wildman–Crippen MR) is 80.9 cm³/mol. The van der Waals surface area contributed by atoms with Crippen LogP contribution in [0, 0.1) is 0 Å². The van der Waals surface area contributed by atoms with E-state index in [9.17, 15) is 4.57 Å². The highest BCUT2D eigenvalue weighted by Gasteiger charge is 2.25. The van der Waals surface area contributed by atoms with Crippen LogP contribution in [0.3, 0.4) is 0 Å². The standard InChI is InChI=1S/C16H17O2P/c17-13-7-8-14-19(18,15-9-3-1-4-10-15)16-11-5-2-6-12-16/h1-12,17H,13-14H2/b8-7+. The molecule has 0 unspecified atom stereocenters. The van der Waals surface area contributed by atoms with E-state index in [1.54, 1.807) is 12.2 Å². The molecule has 0 atom stereocenters. The first kappa shape index (κ1) is 13.8. The zero-order valence-electron chi connectivity index (χ0n) is 10.6. The second kappa shape index (κ2) is 6.51. The summed E-state index contributed by atoms with van der Waals surface area (Å²) in [5, 5.41) is 10.5. The highest BCUT2D eigenvalue weighted by atomic mass is 31.2. The van der Waals surface area contributed by atoms with Crippen molar-refractivity contribution < 1.29 is 9.67 Å². The average Bonchev–Trinajstić information content (AvgIpc) is 2.49. The molecule has 0 fully saturated rings. The van der Waals surface area contributed by atoms with E-state index in [4.69, 9.17) is 5.11 Å². The molecule has 3 heteroatoms. The zero-order chi connectivity index (χ0) is 13.6. The van der Waals surface area contributed by atoms with Crippen LogP contribution in [0.5, 0.6) is 0 Å². The van der Waals surface area contributed by atoms with Gasteiger partial charge >= 0.3 is 0 Å². The van der Waals surface area contributed by atoms with Gasteiger partial charge in [0.2, 0.25) is 0 Å². The number of aliphatic hydroxyl groups excluding tert-OH is 1. The van der Waals surface area contributed by atoms with Crippen molar-refractivity contribution in [3.05, 3.63) is 72.8 Å². The van der Waals surface area contributed by atoms with Crippen molar-refractivity contribution in [2.75, 3.05) is 12.8 Å². The van der Waals surface area contributed by atoms with Gasteiger partial charge in [0.05, 0.1) is 6.61 Å². The summed E-state index contributed by atoms with van der Waals surface area (Å²) in [4.78, 5) is 0. The van der Waals surface area contributed by atoms with Crippen LogP contribution in [-0.2, 0) is 4.57 Å². The molecule has 0 aliphatic rings. The van der Waals surface area contributed by atoms with Gasteiger partial charge in [-0.05, 0) is 0 Å². The molecular weight excluding hydrogens is 255 g/mol. The molecule has 0 aliphatic heterocycles. The molecule has 0 bridgehead atoms. The second-order valence-electron chi connectivity index (χ2n) is 4.25. The van der Waals surface area contributed by atoms with Crippen molar-refractivity contribution in [3.8, 4) is 0 Å². The lowest BCUT2D eigenvalue weighted by Gasteiger charge is -2.17. The minimum atomic E-state index is -2.65. The summed E-state index contributed by atoms with van der Waals surface area (Å²) in [5.41, 5.74) is 0. The lowest BCUT2D eigenvalue weighted by atomic mass is 10.4. The van der Waals surface area contributed by atoms with Crippen LogP contribution in [0.2, 0.25) is 0 Å². The SMILES string of the molecule is O=P(C/C=C/CO)(c1ccccc1)c1ccccc1. The molecule has 2 rings (SSSR count). The van der Waals surface area contributed by atoms with E-state index in [-0.39, 0.29) is 6.61 Å². The minimum absolute atomic E-state index is 0.0242. The molecule has 19 heavy (non-hydrogen) atoms.